The molecule has 1 aliphatic carbocycles. The van der Waals surface area contributed by atoms with Crippen LogP contribution in [0, 0.1) is 6.92 Å². The number of nitrogens with one attached hydrogen (secondary N) is 2. The van der Waals surface area contributed by atoms with E-state index in [1.807, 2.05) is 19.2 Å². The molecule has 1 fully saturated rings. The van der Waals surface area contributed by atoms with E-state index in [-0.39, 0.29) is 18.9 Å². The minimum atomic E-state index is -2.56. The number of methoxy groups -OCH3 is 1. The van der Waals surface area contributed by atoms with E-state index in [9.17, 15) is 8.78 Å². The molecule has 7 nitrogen and oxygen atoms in total. The molecule has 0 radical (unpaired) electrons. The number of aryl methyl sites for hydroxylation is 1. The number of hydrogen-bond acceptors (Lipinski definition) is 6. The van der Waals surface area contributed by atoms with E-state index < -0.39 is 5.92 Å². The largest absolute Gasteiger partial charge is 0.383 e. The van der Waals surface area contributed by atoms with Crippen molar-refractivity contribution in [3.63, 3.8) is 0 Å². The number of ether oxygens (including phenoxy) is 1. The molecule has 1 aliphatic rings. The minimum absolute atomic E-state index is 0.0592. The molecule has 2 aromatic rings. The molecule has 0 bridgehead atoms. The first-order chi connectivity index (χ1) is 12.4. The van der Waals surface area contributed by atoms with E-state index >= 15 is 0 Å². The maximum atomic E-state index is 13.3. The first kappa shape index (κ1) is 18.5. The summed E-state index contributed by atoms with van der Waals surface area (Å²) in [5, 5.41) is 10.7. The lowest BCUT2D eigenvalue weighted by molar-refractivity contribution is -0.0361. The van der Waals surface area contributed by atoms with Gasteiger partial charge in [0.1, 0.15) is 5.82 Å². The van der Waals surface area contributed by atoms with E-state index in [4.69, 9.17) is 4.74 Å². The third-order valence-electron chi connectivity index (χ3n) is 4.33. The van der Waals surface area contributed by atoms with Crippen molar-refractivity contribution in [2.24, 2.45) is 0 Å². The molecule has 0 spiro atoms. The Kier molecular flexibility index (Phi) is 5.65. The average Bonchev–Trinajstić information content (AvgIpc) is 3.04. The zero-order valence-corrected chi connectivity index (χ0v) is 15.0. The van der Waals surface area contributed by atoms with Crippen molar-refractivity contribution >= 4 is 11.8 Å². The number of nitrogens with zero attached hydrogens (tertiary/aromatic N) is 4. The lowest BCUT2D eigenvalue weighted by Crippen LogP contribution is -2.32. The van der Waals surface area contributed by atoms with Crippen LogP contribution in [0.1, 0.15) is 31.4 Å². The number of anilines is 2. The van der Waals surface area contributed by atoms with Gasteiger partial charge < -0.3 is 15.4 Å². The lowest BCUT2D eigenvalue weighted by Gasteiger charge is -2.28. The Morgan fingerprint density at radius 1 is 1.31 bits per heavy atom. The van der Waals surface area contributed by atoms with Gasteiger partial charge >= 0.3 is 0 Å². The second kappa shape index (κ2) is 7.94. The third-order valence-corrected chi connectivity index (χ3v) is 4.33. The van der Waals surface area contributed by atoms with Crippen LogP contribution in [0.5, 0.6) is 0 Å². The fourth-order valence-corrected chi connectivity index (χ4v) is 2.90. The predicted octanol–water partition coefficient (Wildman–Crippen LogP) is 3.02. The summed E-state index contributed by atoms with van der Waals surface area (Å²) >= 11 is 0. The van der Waals surface area contributed by atoms with Gasteiger partial charge in [0.05, 0.1) is 12.3 Å². The number of alkyl halides is 2. The highest BCUT2D eigenvalue weighted by molar-refractivity contribution is 5.47. The number of rotatable bonds is 7. The molecule has 2 N–H and O–H groups in total. The van der Waals surface area contributed by atoms with Crippen LogP contribution < -0.4 is 10.6 Å². The topological polar surface area (TPSA) is 76.9 Å². The van der Waals surface area contributed by atoms with Gasteiger partial charge in [-0.3, -0.25) is 0 Å². The summed E-state index contributed by atoms with van der Waals surface area (Å²) in [6, 6.07) is 3.62. The van der Waals surface area contributed by atoms with Crippen LogP contribution in [0.25, 0.3) is 5.82 Å². The Labute approximate surface area is 151 Å². The maximum absolute atomic E-state index is 13.3. The summed E-state index contributed by atoms with van der Waals surface area (Å²) in [6.45, 7) is 3.04. The molecule has 2 heterocycles. The summed E-state index contributed by atoms with van der Waals surface area (Å²) in [5.41, 5.74) is 0.876. The van der Waals surface area contributed by atoms with Gasteiger partial charge in [0.25, 0.3) is 0 Å². The highest BCUT2D eigenvalue weighted by Crippen LogP contribution is 2.34. The van der Waals surface area contributed by atoms with Gasteiger partial charge in [-0.05, 0) is 25.8 Å². The molecule has 0 unspecified atom stereocenters. The van der Waals surface area contributed by atoms with Crippen molar-refractivity contribution in [1.82, 2.24) is 19.7 Å². The molecule has 1 saturated carbocycles. The van der Waals surface area contributed by atoms with Crippen molar-refractivity contribution in [1.29, 1.82) is 0 Å². The van der Waals surface area contributed by atoms with Crippen molar-refractivity contribution in [3.05, 3.63) is 24.0 Å². The van der Waals surface area contributed by atoms with Crippen LogP contribution in [0.3, 0.4) is 0 Å². The van der Waals surface area contributed by atoms with E-state index in [0.717, 1.165) is 5.69 Å². The maximum Gasteiger partial charge on any atom is 0.248 e. The summed E-state index contributed by atoms with van der Waals surface area (Å²) < 4.78 is 33.4. The van der Waals surface area contributed by atoms with Crippen LogP contribution in [0.2, 0.25) is 0 Å². The van der Waals surface area contributed by atoms with Gasteiger partial charge in [0, 0.05) is 44.8 Å². The van der Waals surface area contributed by atoms with Gasteiger partial charge in [0.15, 0.2) is 5.82 Å². The summed E-state index contributed by atoms with van der Waals surface area (Å²) in [5.74, 6) is -0.911. The van der Waals surface area contributed by atoms with Gasteiger partial charge in [-0.15, -0.1) is 0 Å². The minimum Gasteiger partial charge on any atom is -0.383 e. The molecule has 0 amide bonds. The standard InChI is InChI=1S/C17H24F2N6O/c1-12-5-9-25(24-12)15-11-14(20-8-10-26-2)22-16(23-15)21-13-3-6-17(18,19)7-4-13/h5,9,11,13H,3-4,6-8,10H2,1-2H3,(H2,20,21,22,23). The van der Waals surface area contributed by atoms with Gasteiger partial charge in [-0.2, -0.15) is 15.1 Å². The van der Waals surface area contributed by atoms with Crippen LogP contribution in [0.4, 0.5) is 20.5 Å². The van der Waals surface area contributed by atoms with Gasteiger partial charge in [0.2, 0.25) is 11.9 Å². The molecule has 0 aromatic carbocycles. The fraction of sp³-hybridized carbons (Fsp3) is 0.588. The Balaban J connectivity index is 1.77. The molecule has 142 valence electrons. The molecule has 26 heavy (non-hydrogen) atoms. The summed E-state index contributed by atoms with van der Waals surface area (Å²) in [6.07, 6.45) is 2.40. The molecule has 9 heteroatoms. The van der Waals surface area contributed by atoms with Crippen molar-refractivity contribution in [2.75, 3.05) is 30.9 Å². The molecule has 0 aliphatic heterocycles. The first-order valence-electron chi connectivity index (χ1n) is 8.74. The monoisotopic (exact) mass is 366 g/mol. The van der Waals surface area contributed by atoms with Crippen LogP contribution >= 0.6 is 0 Å². The van der Waals surface area contributed by atoms with Crippen LogP contribution in [-0.2, 0) is 4.74 Å². The summed E-state index contributed by atoms with van der Waals surface area (Å²) in [7, 11) is 1.63. The zero-order chi connectivity index (χ0) is 18.6. The highest BCUT2D eigenvalue weighted by atomic mass is 19.3. The van der Waals surface area contributed by atoms with E-state index in [2.05, 4.69) is 25.7 Å². The quantitative estimate of drug-likeness (QED) is 0.734. The first-order valence-corrected chi connectivity index (χ1v) is 8.74. The van der Waals surface area contributed by atoms with Gasteiger partial charge in [-0.1, -0.05) is 0 Å². The third kappa shape index (κ3) is 4.87. The molecule has 2 aromatic heterocycles. The Bertz CT molecular complexity index is 726. The molecular formula is C17H24F2N6O. The predicted molar refractivity (Wildman–Crippen MR) is 95.1 cm³/mol. The lowest BCUT2D eigenvalue weighted by atomic mass is 9.92. The number of aromatic nitrogens is 4. The second-order valence-corrected chi connectivity index (χ2v) is 6.53. The van der Waals surface area contributed by atoms with Crippen LogP contribution in [0.15, 0.2) is 18.3 Å². The zero-order valence-electron chi connectivity index (χ0n) is 15.0. The Hall–Kier alpha value is -2.29. The molecular weight excluding hydrogens is 342 g/mol. The van der Waals surface area contributed by atoms with E-state index in [1.54, 1.807) is 17.9 Å². The Morgan fingerprint density at radius 3 is 2.73 bits per heavy atom. The van der Waals surface area contributed by atoms with Crippen molar-refractivity contribution in [3.8, 4) is 5.82 Å². The SMILES string of the molecule is COCCNc1cc(-n2ccc(C)n2)nc(NC2CCC(F)(F)CC2)n1. The number of halogens is 2. The van der Waals surface area contributed by atoms with Crippen LogP contribution in [-0.4, -0.2) is 52.0 Å². The van der Waals surface area contributed by atoms with Crippen molar-refractivity contribution < 1.29 is 13.5 Å². The fourth-order valence-electron chi connectivity index (χ4n) is 2.90. The summed E-state index contributed by atoms with van der Waals surface area (Å²) in [4.78, 5) is 8.95. The number of hydrogen-bond donors (Lipinski definition) is 2. The second-order valence-electron chi connectivity index (χ2n) is 6.53. The van der Waals surface area contributed by atoms with E-state index in [0.29, 0.717) is 43.6 Å². The van der Waals surface area contributed by atoms with Crippen molar-refractivity contribution in [2.45, 2.75) is 44.6 Å². The normalized spacial score (nSPS) is 17.2. The highest BCUT2D eigenvalue weighted by Gasteiger charge is 2.35. The average molecular weight is 366 g/mol. The molecule has 0 saturated heterocycles. The van der Waals surface area contributed by atoms with E-state index in [1.165, 1.54) is 0 Å². The Morgan fingerprint density at radius 2 is 2.08 bits per heavy atom. The molecule has 3 rings (SSSR count). The molecule has 0 atom stereocenters. The smallest absolute Gasteiger partial charge is 0.248 e. The van der Waals surface area contributed by atoms with Gasteiger partial charge in [-0.25, -0.2) is 13.5 Å².